The lowest BCUT2D eigenvalue weighted by molar-refractivity contribution is 0.241. The lowest BCUT2D eigenvalue weighted by atomic mass is 9.80. The number of fused-ring (bicyclic) bond motifs is 3. The number of allylic oxidation sites excluding steroid dienone is 2. The number of aryl methyl sites for hydroxylation is 1. The number of methoxy groups -OCH3 is 1. The molecule has 1 unspecified atom stereocenters. The van der Waals surface area contributed by atoms with Gasteiger partial charge in [-0.1, -0.05) is 103 Å². The van der Waals surface area contributed by atoms with E-state index in [4.69, 9.17) is 9.47 Å². The van der Waals surface area contributed by atoms with Crippen molar-refractivity contribution < 1.29 is 9.47 Å². The molecule has 2 nitrogen and oxygen atoms in total. The molecule has 0 aliphatic carbocycles. The minimum Gasteiger partial charge on any atom is -0.496 e. The van der Waals surface area contributed by atoms with Gasteiger partial charge in [-0.2, -0.15) is 0 Å². The van der Waals surface area contributed by atoms with Crippen molar-refractivity contribution in [2.45, 2.75) is 68.4 Å². The van der Waals surface area contributed by atoms with E-state index < -0.39 is 0 Å². The maximum absolute atomic E-state index is 6.66. The van der Waals surface area contributed by atoms with Crippen LogP contribution >= 0.6 is 0 Å². The fourth-order valence-corrected chi connectivity index (χ4v) is 4.56. The van der Waals surface area contributed by atoms with E-state index in [-0.39, 0.29) is 11.5 Å². The molecular weight excluding hydrogens is 416 g/mol. The van der Waals surface area contributed by atoms with Gasteiger partial charge < -0.3 is 9.47 Å². The number of hydrogen-bond acceptors (Lipinski definition) is 2. The first kappa shape index (κ1) is 27.2. The Kier molecular flexibility index (Phi) is 9.55. The highest BCUT2D eigenvalue weighted by atomic mass is 16.5. The van der Waals surface area contributed by atoms with Gasteiger partial charge in [0.2, 0.25) is 0 Å². The van der Waals surface area contributed by atoms with Crippen molar-refractivity contribution in [2.75, 3.05) is 7.11 Å². The molecule has 1 aliphatic rings. The minimum absolute atomic E-state index is 0.0899. The number of ether oxygens (including phenoxy) is 2. The second-order valence-corrected chi connectivity index (χ2v) is 9.15. The van der Waals surface area contributed by atoms with Gasteiger partial charge in [0.1, 0.15) is 11.5 Å². The first-order valence-corrected chi connectivity index (χ1v) is 12.5. The SMILES string of the molecule is CC.CC.COc1cccc2c1-c1ccc(C)c(/C(C)=C\C(C)(C)C)c1C(c1ccccc1)O2. The summed E-state index contributed by atoms with van der Waals surface area (Å²) in [6.45, 7) is 19.1. The van der Waals surface area contributed by atoms with Gasteiger partial charge >= 0.3 is 0 Å². The molecule has 0 amide bonds. The fourth-order valence-electron chi connectivity index (χ4n) is 4.56. The molecule has 34 heavy (non-hydrogen) atoms. The topological polar surface area (TPSA) is 18.5 Å². The van der Waals surface area contributed by atoms with Crippen LogP contribution < -0.4 is 9.47 Å². The van der Waals surface area contributed by atoms with Crippen LogP contribution in [-0.2, 0) is 0 Å². The highest BCUT2D eigenvalue weighted by molar-refractivity contribution is 5.87. The highest BCUT2D eigenvalue weighted by Crippen LogP contribution is 2.51. The Hall–Kier alpha value is -3.00. The molecule has 0 spiro atoms. The molecule has 1 atom stereocenters. The van der Waals surface area contributed by atoms with E-state index in [1.54, 1.807) is 7.11 Å². The average Bonchev–Trinajstić information content (AvgIpc) is 2.84. The van der Waals surface area contributed by atoms with Crippen LogP contribution in [0.25, 0.3) is 16.7 Å². The van der Waals surface area contributed by atoms with Crippen LogP contribution in [-0.4, -0.2) is 7.11 Å². The molecule has 0 N–H and O–H groups in total. The lowest BCUT2D eigenvalue weighted by Gasteiger charge is -2.33. The second kappa shape index (κ2) is 11.9. The van der Waals surface area contributed by atoms with Crippen LogP contribution in [0.15, 0.2) is 66.7 Å². The summed E-state index contributed by atoms with van der Waals surface area (Å²) in [5.41, 5.74) is 8.49. The maximum Gasteiger partial charge on any atom is 0.150 e. The Balaban J connectivity index is 0.000000970. The molecule has 3 aromatic carbocycles. The van der Waals surface area contributed by atoms with Gasteiger partial charge in [-0.3, -0.25) is 0 Å². The smallest absolute Gasteiger partial charge is 0.150 e. The third-order valence-electron chi connectivity index (χ3n) is 5.58. The Labute approximate surface area is 207 Å². The molecule has 4 rings (SSSR count). The van der Waals surface area contributed by atoms with Crippen molar-refractivity contribution in [3.05, 3.63) is 89.0 Å². The molecule has 3 aromatic rings. The third-order valence-corrected chi connectivity index (χ3v) is 5.58. The van der Waals surface area contributed by atoms with Crippen molar-refractivity contribution in [1.82, 2.24) is 0 Å². The van der Waals surface area contributed by atoms with E-state index in [1.807, 2.05) is 52.0 Å². The van der Waals surface area contributed by atoms with E-state index in [0.29, 0.717) is 0 Å². The predicted octanol–water partition coefficient (Wildman–Crippen LogP) is 9.65. The summed E-state index contributed by atoms with van der Waals surface area (Å²) in [5, 5.41) is 0. The van der Waals surface area contributed by atoms with Crippen LogP contribution in [0.3, 0.4) is 0 Å². The van der Waals surface area contributed by atoms with Crippen molar-refractivity contribution in [1.29, 1.82) is 0 Å². The van der Waals surface area contributed by atoms with Crippen LogP contribution in [0, 0.1) is 12.3 Å². The largest absolute Gasteiger partial charge is 0.496 e. The van der Waals surface area contributed by atoms with Gasteiger partial charge in [0.05, 0.1) is 12.7 Å². The number of rotatable bonds is 3. The molecule has 0 saturated heterocycles. The Morgan fingerprint density at radius 2 is 1.53 bits per heavy atom. The van der Waals surface area contributed by atoms with E-state index in [0.717, 1.165) is 22.6 Å². The van der Waals surface area contributed by atoms with Gasteiger partial charge in [-0.15, -0.1) is 0 Å². The maximum atomic E-state index is 6.66. The summed E-state index contributed by atoms with van der Waals surface area (Å²) in [6, 6.07) is 21.0. The molecule has 1 heterocycles. The molecule has 0 saturated carbocycles. The first-order valence-electron chi connectivity index (χ1n) is 12.5. The van der Waals surface area contributed by atoms with Crippen LogP contribution in [0.4, 0.5) is 0 Å². The van der Waals surface area contributed by atoms with E-state index in [1.165, 1.54) is 27.8 Å². The van der Waals surface area contributed by atoms with E-state index in [9.17, 15) is 0 Å². The zero-order valence-electron chi connectivity index (χ0n) is 22.7. The Morgan fingerprint density at radius 1 is 0.882 bits per heavy atom. The monoisotopic (exact) mass is 458 g/mol. The Bertz CT molecular complexity index is 1100. The summed E-state index contributed by atoms with van der Waals surface area (Å²) in [6.07, 6.45) is 2.19. The van der Waals surface area contributed by atoms with Crippen molar-refractivity contribution in [3.8, 4) is 22.6 Å². The molecule has 0 aromatic heterocycles. The van der Waals surface area contributed by atoms with Gasteiger partial charge in [0.25, 0.3) is 0 Å². The number of hydrogen-bond donors (Lipinski definition) is 0. The van der Waals surface area contributed by atoms with Crippen LogP contribution in [0.2, 0.25) is 0 Å². The summed E-state index contributed by atoms with van der Waals surface area (Å²) in [7, 11) is 1.72. The van der Waals surface area contributed by atoms with Gasteiger partial charge in [-0.05, 0) is 59.2 Å². The van der Waals surface area contributed by atoms with Crippen molar-refractivity contribution in [3.63, 3.8) is 0 Å². The lowest BCUT2D eigenvalue weighted by Crippen LogP contribution is -2.18. The van der Waals surface area contributed by atoms with E-state index in [2.05, 4.69) is 77.1 Å². The molecule has 1 aliphatic heterocycles. The summed E-state index contributed by atoms with van der Waals surface area (Å²) >= 11 is 0. The Morgan fingerprint density at radius 3 is 2.12 bits per heavy atom. The standard InChI is InChI=1S/C28H30O2.2C2H6/c1-18-15-16-21-25-22(29-6)13-10-14-23(25)30-27(20-11-8-7-9-12-20)26(21)24(18)19(2)17-28(3,4)5;2*1-2/h7-17,27H,1-6H3;2*1-2H3/b19-17-;;. The van der Waals surface area contributed by atoms with Gasteiger partial charge in [-0.25, -0.2) is 0 Å². The van der Waals surface area contributed by atoms with E-state index >= 15 is 0 Å². The van der Waals surface area contributed by atoms with Crippen LogP contribution in [0.5, 0.6) is 11.5 Å². The van der Waals surface area contributed by atoms with Gasteiger partial charge in [0, 0.05) is 5.56 Å². The fraction of sp³-hybridized carbons (Fsp3) is 0.375. The quantitative estimate of drug-likeness (QED) is 0.389. The third kappa shape index (κ3) is 5.73. The zero-order valence-corrected chi connectivity index (χ0v) is 22.7. The summed E-state index contributed by atoms with van der Waals surface area (Å²) < 4.78 is 12.4. The second-order valence-electron chi connectivity index (χ2n) is 9.15. The molecular formula is C32H42O2. The minimum atomic E-state index is -0.168. The first-order chi connectivity index (χ1) is 16.3. The molecule has 0 radical (unpaired) electrons. The van der Waals surface area contributed by atoms with Crippen molar-refractivity contribution >= 4 is 5.57 Å². The summed E-state index contributed by atoms with van der Waals surface area (Å²) in [5.74, 6) is 1.70. The molecule has 182 valence electrons. The average molecular weight is 459 g/mol. The van der Waals surface area contributed by atoms with Crippen LogP contribution in [0.1, 0.15) is 83.7 Å². The van der Waals surface area contributed by atoms with Gasteiger partial charge in [0.15, 0.2) is 6.10 Å². The highest BCUT2D eigenvalue weighted by Gasteiger charge is 2.32. The molecule has 0 bridgehead atoms. The predicted molar refractivity (Wildman–Crippen MR) is 148 cm³/mol. The normalized spacial score (nSPS) is 14.3. The zero-order chi connectivity index (χ0) is 25.5. The molecule has 2 heteroatoms. The number of benzene rings is 3. The molecule has 0 fully saturated rings. The summed E-state index contributed by atoms with van der Waals surface area (Å²) in [4.78, 5) is 0. The van der Waals surface area contributed by atoms with Crippen molar-refractivity contribution in [2.24, 2.45) is 5.41 Å².